The van der Waals surface area contributed by atoms with Gasteiger partial charge in [0.1, 0.15) is 0 Å². The molecule has 6 aromatic carbocycles. The topological polar surface area (TPSA) is 0 Å². The van der Waals surface area contributed by atoms with Crippen LogP contribution >= 0.6 is 15.8 Å². The number of rotatable bonds is 6. The van der Waals surface area contributed by atoms with Crippen molar-refractivity contribution in [2.75, 3.05) is 0 Å². The summed E-state index contributed by atoms with van der Waals surface area (Å²) in [4.78, 5) is 0. The van der Waals surface area contributed by atoms with E-state index in [1.807, 2.05) is 0 Å². The molecular formula is C36H30Br2NiP2. The van der Waals surface area contributed by atoms with Gasteiger partial charge in [0.2, 0.25) is 0 Å². The van der Waals surface area contributed by atoms with Gasteiger partial charge in [0.05, 0.1) is 0 Å². The minimum absolute atomic E-state index is 0. The average Bonchev–Trinajstić information content (AvgIpc) is 3.01. The molecule has 0 heterocycles. The fourth-order valence-electron chi connectivity index (χ4n) is 4.36. The van der Waals surface area contributed by atoms with Crippen LogP contribution in [0.25, 0.3) is 0 Å². The predicted octanol–water partition coefficient (Wildman–Crippen LogP) is 0.895. The van der Waals surface area contributed by atoms with Crippen molar-refractivity contribution in [3.05, 3.63) is 182 Å². The predicted molar refractivity (Wildman–Crippen MR) is 170 cm³/mol. The van der Waals surface area contributed by atoms with Crippen molar-refractivity contribution in [1.29, 1.82) is 0 Å². The zero-order valence-electron chi connectivity index (χ0n) is 22.3. The number of hydrogen-bond acceptors (Lipinski definition) is 0. The molecule has 6 aromatic rings. The molecule has 0 unspecified atom stereocenters. The Morgan fingerprint density at radius 1 is 0.220 bits per heavy atom. The zero-order chi connectivity index (χ0) is 25.8. The van der Waals surface area contributed by atoms with E-state index in [-0.39, 0.29) is 50.5 Å². The first-order valence-corrected chi connectivity index (χ1v) is 15.5. The number of benzene rings is 6. The molecule has 208 valence electrons. The summed E-state index contributed by atoms with van der Waals surface area (Å²) in [5.41, 5.74) is 0. The maximum atomic E-state index is 2.23. The van der Waals surface area contributed by atoms with Crippen LogP contribution in [-0.2, 0) is 16.5 Å². The maximum Gasteiger partial charge on any atom is 2.00 e. The van der Waals surface area contributed by atoms with Crippen molar-refractivity contribution >= 4 is 47.7 Å². The molecule has 0 aliphatic heterocycles. The summed E-state index contributed by atoms with van der Waals surface area (Å²) < 4.78 is 0. The second-order valence-electron chi connectivity index (χ2n) is 8.68. The minimum Gasteiger partial charge on any atom is -1.00 e. The van der Waals surface area contributed by atoms with Gasteiger partial charge in [-0.1, -0.05) is 182 Å². The van der Waals surface area contributed by atoms with Crippen molar-refractivity contribution in [2.45, 2.75) is 0 Å². The van der Waals surface area contributed by atoms with Crippen LogP contribution in [0.1, 0.15) is 0 Å². The van der Waals surface area contributed by atoms with Gasteiger partial charge in [-0.25, -0.2) is 0 Å². The summed E-state index contributed by atoms with van der Waals surface area (Å²) in [7, 11) is -0.892. The number of halogens is 2. The fourth-order valence-corrected chi connectivity index (χ4v) is 8.97. The summed E-state index contributed by atoms with van der Waals surface area (Å²) in [5, 5.41) is 8.39. The van der Waals surface area contributed by atoms with Crippen LogP contribution < -0.4 is 65.8 Å². The molecule has 0 aliphatic carbocycles. The van der Waals surface area contributed by atoms with Crippen molar-refractivity contribution in [3.8, 4) is 0 Å². The molecular weight excluding hydrogens is 713 g/mol. The van der Waals surface area contributed by atoms with Crippen molar-refractivity contribution in [1.82, 2.24) is 0 Å². The van der Waals surface area contributed by atoms with E-state index >= 15 is 0 Å². The molecule has 0 nitrogen and oxygen atoms in total. The maximum absolute atomic E-state index is 2.23. The Morgan fingerprint density at radius 3 is 0.463 bits per heavy atom. The number of hydrogen-bond donors (Lipinski definition) is 0. The summed E-state index contributed by atoms with van der Waals surface area (Å²) in [5.74, 6) is 0. The second-order valence-corrected chi connectivity index (χ2v) is 13.1. The van der Waals surface area contributed by atoms with E-state index in [0.29, 0.717) is 0 Å². The molecule has 0 spiro atoms. The molecule has 6 rings (SSSR count). The van der Waals surface area contributed by atoms with E-state index in [1.54, 1.807) is 0 Å². The van der Waals surface area contributed by atoms with Gasteiger partial charge >= 0.3 is 16.5 Å². The van der Waals surface area contributed by atoms with Crippen molar-refractivity contribution in [2.24, 2.45) is 0 Å². The SMILES string of the molecule is [Br-].[Br-].[Ni+2].c1ccc(P(c2ccccc2)c2ccccc2)cc1.c1ccc(P(c2ccccc2)c2ccccc2)cc1. The quantitative estimate of drug-likeness (QED) is 0.176. The Bertz CT molecular complexity index is 1180. The van der Waals surface area contributed by atoms with Gasteiger partial charge in [0, 0.05) is 0 Å². The van der Waals surface area contributed by atoms with Crippen LogP contribution in [-0.4, -0.2) is 0 Å². The van der Waals surface area contributed by atoms with E-state index in [1.165, 1.54) is 31.8 Å². The van der Waals surface area contributed by atoms with Gasteiger partial charge in [-0.3, -0.25) is 0 Å². The fraction of sp³-hybridized carbons (Fsp3) is 0. The monoisotopic (exact) mass is 740 g/mol. The smallest absolute Gasteiger partial charge is 1.00 e. The zero-order valence-corrected chi connectivity index (χ0v) is 28.2. The molecule has 0 saturated carbocycles. The molecule has 0 fully saturated rings. The molecule has 0 aliphatic rings. The largest absolute Gasteiger partial charge is 2.00 e. The van der Waals surface area contributed by atoms with Gasteiger partial charge in [0.25, 0.3) is 0 Å². The molecule has 0 radical (unpaired) electrons. The average molecular weight is 743 g/mol. The van der Waals surface area contributed by atoms with E-state index in [4.69, 9.17) is 0 Å². The summed E-state index contributed by atoms with van der Waals surface area (Å²) >= 11 is 0. The Kier molecular flexibility index (Phi) is 16.1. The Hall–Kier alpha value is -2.37. The van der Waals surface area contributed by atoms with Crippen LogP contribution in [0.3, 0.4) is 0 Å². The van der Waals surface area contributed by atoms with Crippen LogP contribution in [0.5, 0.6) is 0 Å². The van der Waals surface area contributed by atoms with Gasteiger partial charge < -0.3 is 34.0 Å². The molecule has 0 atom stereocenters. The molecule has 41 heavy (non-hydrogen) atoms. The third kappa shape index (κ3) is 9.85. The minimum atomic E-state index is -0.446. The van der Waals surface area contributed by atoms with Gasteiger partial charge in [-0.2, -0.15) is 0 Å². The summed E-state index contributed by atoms with van der Waals surface area (Å²) in [6.45, 7) is 0. The van der Waals surface area contributed by atoms with E-state index in [0.717, 1.165) is 0 Å². The van der Waals surface area contributed by atoms with Crippen LogP contribution in [0.15, 0.2) is 182 Å². The third-order valence-corrected chi connectivity index (χ3v) is 11.0. The van der Waals surface area contributed by atoms with Crippen LogP contribution in [0.2, 0.25) is 0 Å². The second kappa shape index (κ2) is 18.9. The van der Waals surface area contributed by atoms with E-state index < -0.39 is 15.8 Å². The Labute approximate surface area is 278 Å². The third-order valence-electron chi connectivity index (χ3n) is 6.09. The molecule has 0 N–H and O–H groups in total. The van der Waals surface area contributed by atoms with Gasteiger partial charge in [-0.15, -0.1) is 0 Å². The standard InChI is InChI=1S/2C18H15P.2BrH.Ni/c2*1-4-10-16(11-5-1)19(17-12-6-2-7-13-17)18-14-8-3-9-15-18;;;/h2*1-15H;2*1H;/q;;;;+2/p-2. The summed E-state index contributed by atoms with van der Waals surface area (Å²) in [6.07, 6.45) is 0. The van der Waals surface area contributed by atoms with Crippen LogP contribution in [0.4, 0.5) is 0 Å². The van der Waals surface area contributed by atoms with Gasteiger partial charge in [-0.05, 0) is 47.7 Å². The Balaban J connectivity index is 0.000000267. The van der Waals surface area contributed by atoms with Crippen molar-refractivity contribution < 1.29 is 50.5 Å². The van der Waals surface area contributed by atoms with Gasteiger partial charge in [0.15, 0.2) is 0 Å². The van der Waals surface area contributed by atoms with E-state index in [9.17, 15) is 0 Å². The van der Waals surface area contributed by atoms with E-state index in [2.05, 4.69) is 182 Å². The molecule has 0 amide bonds. The summed E-state index contributed by atoms with van der Waals surface area (Å²) in [6, 6.07) is 64.7. The van der Waals surface area contributed by atoms with Crippen molar-refractivity contribution in [3.63, 3.8) is 0 Å². The molecule has 0 aromatic heterocycles. The first-order valence-electron chi connectivity index (χ1n) is 12.8. The molecule has 0 bridgehead atoms. The molecule has 0 saturated heterocycles. The first kappa shape index (κ1) is 34.8. The Morgan fingerprint density at radius 2 is 0.341 bits per heavy atom. The molecule has 5 heteroatoms. The van der Waals surface area contributed by atoms with Crippen LogP contribution in [0, 0.1) is 0 Å². The first-order chi connectivity index (χ1) is 18.9. The normalized spacial score (nSPS) is 9.80.